The lowest BCUT2D eigenvalue weighted by Crippen LogP contribution is -2.37. The lowest BCUT2D eigenvalue weighted by Gasteiger charge is -2.32. The fourth-order valence-corrected chi connectivity index (χ4v) is 3.27. The van der Waals surface area contributed by atoms with Crippen LogP contribution >= 0.6 is 0 Å². The summed E-state index contributed by atoms with van der Waals surface area (Å²) in [6, 6.07) is 12.7. The van der Waals surface area contributed by atoms with Crippen LogP contribution in [-0.4, -0.2) is 26.9 Å². The molecule has 26 heavy (non-hydrogen) atoms. The number of para-hydroxylation sites is 1. The van der Waals surface area contributed by atoms with Gasteiger partial charge in [-0.15, -0.1) is 10.2 Å². The number of alkyl halides is 2. The van der Waals surface area contributed by atoms with E-state index in [2.05, 4.69) is 20.2 Å². The smallest absolute Gasteiger partial charge is 0.271 e. The van der Waals surface area contributed by atoms with Crippen molar-refractivity contribution in [3.8, 4) is 0 Å². The van der Waals surface area contributed by atoms with E-state index in [-0.39, 0.29) is 23.7 Å². The number of benzene rings is 2. The van der Waals surface area contributed by atoms with Gasteiger partial charge in [0.2, 0.25) is 5.82 Å². The molecular formula is C20H18F2N4. The number of aromatic nitrogens is 3. The van der Waals surface area contributed by atoms with Crippen molar-refractivity contribution in [1.82, 2.24) is 15.2 Å². The maximum absolute atomic E-state index is 15.0. The van der Waals surface area contributed by atoms with Crippen LogP contribution in [-0.2, 0) is 5.92 Å². The Morgan fingerprint density at radius 3 is 2.42 bits per heavy atom. The maximum Gasteiger partial charge on any atom is 0.295 e. The summed E-state index contributed by atoms with van der Waals surface area (Å²) in [6.45, 7) is 3.83. The van der Waals surface area contributed by atoms with Gasteiger partial charge in [-0.05, 0) is 24.5 Å². The van der Waals surface area contributed by atoms with Crippen molar-refractivity contribution in [1.29, 1.82) is 0 Å². The molecule has 0 radical (unpaired) electrons. The number of aliphatic imine (C=N–C) groups is 1. The van der Waals surface area contributed by atoms with Gasteiger partial charge in [0, 0.05) is 11.1 Å². The molecule has 1 atom stereocenters. The third-order valence-electron chi connectivity index (χ3n) is 4.51. The van der Waals surface area contributed by atoms with Crippen molar-refractivity contribution < 1.29 is 8.78 Å². The summed E-state index contributed by atoms with van der Waals surface area (Å²) in [6.07, 6.45) is 0.284. The zero-order valence-corrected chi connectivity index (χ0v) is 14.5. The molecule has 6 heteroatoms. The second kappa shape index (κ2) is 6.20. The van der Waals surface area contributed by atoms with E-state index in [1.165, 1.54) is 6.07 Å². The minimum atomic E-state index is -3.02. The molecule has 0 spiro atoms. The number of hydrogen-bond acceptors (Lipinski definition) is 4. The van der Waals surface area contributed by atoms with Crippen molar-refractivity contribution in [3.05, 3.63) is 65.5 Å². The zero-order valence-electron chi connectivity index (χ0n) is 14.5. The maximum atomic E-state index is 15.0. The van der Waals surface area contributed by atoms with Crippen LogP contribution < -0.4 is 0 Å². The van der Waals surface area contributed by atoms with Crippen LogP contribution in [0.15, 0.2) is 53.5 Å². The largest absolute Gasteiger partial charge is 0.295 e. The Labute approximate surface area is 150 Å². The number of hydrogen-bond donors (Lipinski definition) is 0. The first kappa shape index (κ1) is 16.7. The Kier molecular flexibility index (Phi) is 3.98. The van der Waals surface area contributed by atoms with Crippen LogP contribution in [0, 0.1) is 5.92 Å². The number of halogens is 2. The summed E-state index contributed by atoms with van der Waals surface area (Å²) in [7, 11) is 0. The minimum Gasteiger partial charge on any atom is -0.271 e. The lowest BCUT2D eigenvalue weighted by molar-refractivity contribution is -0.0379. The Bertz CT molecular complexity index is 998. The minimum absolute atomic E-state index is 0.0209. The highest BCUT2D eigenvalue weighted by atomic mass is 19.3. The molecular weight excluding hydrogens is 334 g/mol. The van der Waals surface area contributed by atoms with E-state index in [0.29, 0.717) is 22.3 Å². The number of rotatable bonds is 3. The summed E-state index contributed by atoms with van der Waals surface area (Å²) in [5.41, 5.74) is 2.05. The van der Waals surface area contributed by atoms with E-state index in [0.717, 1.165) is 0 Å². The molecule has 1 aromatic heterocycles. The van der Waals surface area contributed by atoms with Crippen molar-refractivity contribution in [2.45, 2.75) is 32.2 Å². The van der Waals surface area contributed by atoms with Crippen molar-refractivity contribution >= 4 is 16.7 Å². The molecule has 4 nitrogen and oxygen atoms in total. The van der Waals surface area contributed by atoms with Crippen LogP contribution in [0.1, 0.15) is 37.2 Å². The quantitative estimate of drug-likeness (QED) is 0.703. The van der Waals surface area contributed by atoms with E-state index in [1.54, 1.807) is 18.2 Å². The van der Waals surface area contributed by atoms with Crippen LogP contribution in [0.4, 0.5) is 8.78 Å². The highest BCUT2D eigenvalue weighted by Gasteiger charge is 2.47. The summed E-state index contributed by atoms with van der Waals surface area (Å²) >= 11 is 0. The lowest BCUT2D eigenvalue weighted by atomic mass is 9.86. The topological polar surface area (TPSA) is 51.0 Å². The highest BCUT2D eigenvalue weighted by Crippen LogP contribution is 2.42. The first-order valence-corrected chi connectivity index (χ1v) is 8.62. The summed E-state index contributed by atoms with van der Waals surface area (Å²) in [5, 5.41) is 8.32. The first-order chi connectivity index (χ1) is 12.5. The molecule has 2 aromatic carbocycles. The molecule has 1 unspecified atom stereocenters. The molecule has 0 N–H and O–H groups in total. The van der Waals surface area contributed by atoms with Gasteiger partial charge in [0.15, 0.2) is 0 Å². The standard InChI is InChI=1S/C20H18F2N4/c1-12(2)11-17-20(21,22)14-8-4-3-7-13(14)18(24-17)19-23-15-9-5-6-10-16(15)25-26-19/h3-10,12,17H,11H2,1-2H3. The van der Waals surface area contributed by atoms with Gasteiger partial charge in [-0.1, -0.05) is 50.2 Å². The molecule has 0 bridgehead atoms. The van der Waals surface area contributed by atoms with Crippen LogP contribution in [0.25, 0.3) is 11.0 Å². The third-order valence-corrected chi connectivity index (χ3v) is 4.51. The number of nitrogens with zero attached hydrogens (tertiary/aromatic N) is 4. The second-order valence-electron chi connectivity index (χ2n) is 6.92. The van der Waals surface area contributed by atoms with Gasteiger partial charge in [0.1, 0.15) is 17.3 Å². The van der Waals surface area contributed by atoms with Gasteiger partial charge >= 0.3 is 0 Å². The summed E-state index contributed by atoms with van der Waals surface area (Å²) < 4.78 is 30.0. The Hall–Kier alpha value is -2.76. The predicted octanol–water partition coefficient (Wildman–Crippen LogP) is 4.38. The molecule has 0 saturated carbocycles. The Morgan fingerprint density at radius 2 is 1.65 bits per heavy atom. The predicted molar refractivity (Wildman–Crippen MR) is 96.6 cm³/mol. The van der Waals surface area contributed by atoms with Gasteiger partial charge < -0.3 is 0 Å². The van der Waals surface area contributed by atoms with E-state index < -0.39 is 12.0 Å². The van der Waals surface area contributed by atoms with Crippen LogP contribution in [0.2, 0.25) is 0 Å². The van der Waals surface area contributed by atoms with Crippen molar-refractivity contribution in [2.24, 2.45) is 10.9 Å². The van der Waals surface area contributed by atoms with E-state index in [4.69, 9.17) is 0 Å². The van der Waals surface area contributed by atoms with Crippen molar-refractivity contribution in [3.63, 3.8) is 0 Å². The van der Waals surface area contributed by atoms with Gasteiger partial charge in [0.25, 0.3) is 5.92 Å². The molecule has 0 saturated heterocycles. The molecule has 4 rings (SSSR count). The molecule has 1 aliphatic heterocycles. The van der Waals surface area contributed by atoms with Crippen LogP contribution in [0.5, 0.6) is 0 Å². The normalized spacial score (nSPS) is 18.7. The highest BCUT2D eigenvalue weighted by molar-refractivity contribution is 6.12. The average molecular weight is 352 g/mol. The molecule has 132 valence electrons. The van der Waals surface area contributed by atoms with Gasteiger partial charge in [0.05, 0.1) is 5.52 Å². The Balaban J connectivity index is 1.90. The third kappa shape index (κ3) is 2.75. The van der Waals surface area contributed by atoms with Crippen molar-refractivity contribution in [2.75, 3.05) is 0 Å². The van der Waals surface area contributed by atoms with E-state index in [9.17, 15) is 0 Å². The summed E-state index contributed by atoms with van der Waals surface area (Å²) in [5.74, 6) is -2.65. The monoisotopic (exact) mass is 352 g/mol. The SMILES string of the molecule is CC(C)CC1N=C(c2nnc3ccccc3n2)c2ccccc2C1(F)F. The van der Waals surface area contributed by atoms with Gasteiger partial charge in [-0.2, -0.15) is 8.78 Å². The van der Waals surface area contributed by atoms with E-state index >= 15 is 8.78 Å². The molecule has 3 aromatic rings. The molecule has 0 fully saturated rings. The fraction of sp³-hybridized carbons (Fsp3) is 0.300. The molecule has 0 amide bonds. The molecule has 1 aliphatic rings. The summed E-state index contributed by atoms with van der Waals surface area (Å²) in [4.78, 5) is 8.90. The fourth-order valence-electron chi connectivity index (χ4n) is 3.27. The number of fused-ring (bicyclic) bond motifs is 2. The van der Waals surface area contributed by atoms with Gasteiger partial charge in [-0.3, -0.25) is 4.99 Å². The molecule has 0 aliphatic carbocycles. The molecule has 2 heterocycles. The average Bonchev–Trinajstić information content (AvgIpc) is 2.63. The Morgan fingerprint density at radius 1 is 0.962 bits per heavy atom. The first-order valence-electron chi connectivity index (χ1n) is 8.62. The second-order valence-corrected chi connectivity index (χ2v) is 6.92. The van der Waals surface area contributed by atoms with Gasteiger partial charge in [-0.25, -0.2) is 4.98 Å². The van der Waals surface area contributed by atoms with Crippen LogP contribution in [0.3, 0.4) is 0 Å². The van der Waals surface area contributed by atoms with E-state index in [1.807, 2.05) is 38.1 Å². The zero-order chi connectivity index (χ0) is 18.3.